The number of thioether (sulfide) groups is 1. The Bertz CT molecular complexity index is 730. The molecule has 2 aliphatic rings. The van der Waals surface area contributed by atoms with Crippen molar-refractivity contribution in [2.45, 2.75) is 17.4 Å². The van der Waals surface area contributed by atoms with Crippen LogP contribution in [0, 0.1) is 0 Å². The maximum Gasteiger partial charge on any atom is 0.243 e. The third kappa shape index (κ3) is 6.22. The minimum Gasteiger partial charge on any atom is -0.325 e. The number of nitrogens with one attached hydrogen (secondary N) is 2. The number of hydrogen-bond acceptors (Lipinski definition) is 6. The Hall–Kier alpha value is -0.550. The number of likely N-dealkylation sites (N-methyl/N-ethyl adjacent to an activating group) is 1. The van der Waals surface area contributed by atoms with Crippen LogP contribution in [0.5, 0.6) is 0 Å². The van der Waals surface area contributed by atoms with Crippen LogP contribution in [0.3, 0.4) is 0 Å². The van der Waals surface area contributed by atoms with E-state index in [-0.39, 0.29) is 41.7 Å². The number of carbonyl (C=O) groups is 1. The van der Waals surface area contributed by atoms with Crippen molar-refractivity contribution in [1.82, 2.24) is 14.5 Å². The predicted molar refractivity (Wildman–Crippen MR) is 115 cm³/mol. The molecule has 154 valence electrons. The number of carbonyl (C=O) groups excluding carboxylic acids is 1. The van der Waals surface area contributed by atoms with Crippen molar-refractivity contribution in [2.75, 3.05) is 50.2 Å². The van der Waals surface area contributed by atoms with E-state index in [9.17, 15) is 13.2 Å². The molecule has 1 aromatic carbocycles. The van der Waals surface area contributed by atoms with E-state index in [0.29, 0.717) is 18.8 Å². The van der Waals surface area contributed by atoms with Crippen molar-refractivity contribution in [3.8, 4) is 0 Å². The third-order valence-corrected chi connectivity index (χ3v) is 7.29. The number of hydrogen-bond donors (Lipinski definition) is 2. The lowest BCUT2D eigenvalue weighted by molar-refractivity contribution is -0.117. The van der Waals surface area contributed by atoms with Gasteiger partial charge in [-0.1, -0.05) is 6.07 Å². The van der Waals surface area contributed by atoms with Crippen molar-refractivity contribution in [1.29, 1.82) is 0 Å². The molecule has 1 unspecified atom stereocenters. The van der Waals surface area contributed by atoms with Gasteiger partial charge in [-0.15, -0.1) is 36.6 Å². The first kappa shape index (κ1) is 24.5. The molecule has 1 amide bonds. The van der Waals surface area contributed by atoms with E-state index in [1.165, 1.54) is 4.31 Å². The van der Waals surface area contributed by atoms with E-state index in [0.717, 1.165) is 31.1 Å². The smallest absolute Gasteiger partial charge is 0.243 e. The van der Waals surface area contributed by atoms with E-state index in [1.54, 1.807) is 36.0 Å². The molecule has 1 atom stereocenters. The quantitative estimate of drug-likeness (QED) is 0.713. The van der Waals surface area contributed by atoms with E-state index in [2.05, 4.69) is 15.5 Å². The van der Waals surface area contributed by atoms with Crippen LogP contribution in [-0.2, 0) is 14.8 Å². The SMILES string of the molecule is CN1CCCN(S(=O)(=O)c2cccc(NC(=O)C3CSCN3)c2)CC1.Cl.Cl. The molecule has 2 N–H and O–H groups in total. The van der Waals surface area contributed by atoms with Crippen molar-refractivity contribution < 1.29 is 13.2 Å². The fourth-order valence-electron chi connectivity index (χ4n) is 2.94. The molecule has 0 bridgehead atoms. The molecular weight excluding hydrogens is 431 g/mol. The number of sulfonamides is 1. The first-order valence-electron chi connectivity index (χ1n) is 8.37. The number of amides is 1. The summed E-state index contributed by atoms with van der Waals surface area (Å²) in [7, 11) is -1.55. The molecule has 0 spiro atoms. The standard InChI is InChI=1S/C16H24N4O3S2.2ClH/c1-19-6-3-7-20(9-8-19)25(22,23)14-5-2-4-13(10-14)18-16(21)15-11-24-12-17-15;;/h2,4-5,10,15,17H,3,6-9,11-12H2,1H3,(H,18,21);2*1H. The van der Waals surface area contributed by atoms with Crippen LogP contribution in [0.15, 0.2) is 29.2 Å². The van der Waals surface area contributed by atoms with Gasteiger partial charge in [0.2, 0.25) is 15.9 Å². The number of nitrogens with zero attached hydrogens (tertiary/aromatic N) is 2. The van der Waals surface area contributed by atoms with Gasteiger partial charge in [0, 0.05) is 37.0 Å². The van der Waals surface area contributed by atoms with Gasteiger partial charge >= 0.3 is 0 Å². The molecule has 2 fully saturated rings. The summed E-state index contributed by atoms with van der Waals surface area (Å²) in [6, 6.07) is 6.29. The maximum atomic E-state index is 12.9. The van der Waals surface area contributed by atoms with Crippen molar-refractivity contribution in [3.05, 3.63) is 24.3 Å². The summed E-state index contributed by atoms with van der Waals surface area (Å²) in [6.07, 6.45) is 0.817. The van der Waals surface area contributed by atoms with Gasteiger partial charge in [0.05, 0.1) is 10.9 Å². The molecule has 0 aromatic heterocycles. The van der Waals surface area contributed by atoms with Gasteiger partial charge in [-0.3, -0.25) is 10.1 Å². The van der Waals surface area contributed by atoms with Crippen LogP contribution < -0.4 is 10.6 Å². The Balaban J connectivity index is 0.00000182. The summed E-state index contributed by atoms with van der Waals surface area (Å²) in [5.41, 5.74) is 0.511. The average molecular weight is 457 g/mol. The second-order valence-corrected chi connectivity index (χ2v) is 9.32. The van der Waals surface area contributed by atoms with E-state index >= 15 is 0 Å². The Labute approximate surface area is 177 Å². The molecule has 0 radical (unpaired) electrons. The number of anilines is 1. The Morgan fingerprint density at radius 1 is 1.22 bits per heavy atom. The second kappa shape index (κ2) is 10.8. The molecule has 1 aromatic rings. The van der Waals surface area contributed by atoms with Crippen molar-refractivity contribution in [3.63, 3.8) is 0 Å². The Morgan fingerprint density at radius 3 is 2.70 bits per heavy atom. The van der Waals surface area contributed by atoms with Crippen LogP contribution in [0.1, 0.15) is 6.42 Å². The Morgan fingerprint density at radius 2 is 2.00 bits per heavy atom. The Kier molecular flexibility index (Phi) is 9.84. The number of rotatable bonds is 4. The number of halogens is 2. The zero-order chi connectivity index (χ0) is 17.9. The highest BCUT2D eigenvalue weighted by atomic mass is 35.5. The van der Waals surface area contributed by atoms with Gasteiger partial charge in [0.15, 0.2) is 0 Å². The maximum absolute atomic E-state index is 12.9. The molecule has 2 heterocycles. The monoisotopic (exact) mass is 456 g/mol. The summed E-state index contributed by atoms with van der Waals surface area (Å²) in [5, 5.41) is 5.92. The lowest BCUT2D eigenvalue weighted by Gasteiger charge is -2.20. The third-order valence-electron chi connectivity index (χ3n) is 4.45. The molecule has 0 aliphatic carbocycles. The fourth-order valence-corrected chi connectivity index (χ4v) is 5.40. The summed E-state index contributed by atoms with van der Waals surface area (Å²) in [6.45, 7) is 2.63. The fraction of sp³-hybridized carbons (Fsp3) is 0.562. The van der Waals surface area contributed by atoms with Crippen LogP contribution in [0.4, 0.5) is 5.69 Å². The lowest BCUT2D eigenvalue weighted by atomic mass is 10.2. The summed E-state index contributed by atoms with van der Waals surface area (Å²) >= 11 is 1.67. The van der Waals surface area contributed by atoms with E-state index < -0.39 is 10.0 Å². The van der Waals surface area contributed by atoms with Crippen LogP contribution in [0.25, 0.3) is 0 Å². The molecular formula is C16H26Cl2N4O3S2. The zero-order valence-electron chi connectivity index (χ0n) is 15.1. The molecule has 2 saturated heterocycles. The molecule has 11 heteroatoms. The zero-order valence-corrected chi connectivity index (χ0v) is 18.4. The summed E-state index contributed by atoms with van der Waals surface area (Å²) in [5.74, 6) is 1.36. The highest BCUT2D eigenvalue weighted by Crippen LogP contribution is 2.21. The minimum absolute atomic E-state index is 0. The van der Waals surface area contributed by atoms with E-state index in [1.807, 2.05) is 7.05 Å². The lowest BCUT2D eigenvalue weighted by Crippen LogP contribution is -2.37. The minimum atomic E-state index is -3.55. The van der Waals surface area contributed by atoms with Gasteiger partial charge in [-0.25, -0.2) is 8.42 Å². The van der Waals surface area contributed by atoms with Gasteiger partial charge < -0.3 is 10.2 Å². The first-order valence-corrected chi connectivity index (χ1v) is 11.0. The topological polar surface area (TPSA) is 81.8 Å². The summed E-state index contributed by atoms with van der Waals surface area (Å²) in [4.78, 5) is 14.6. The van der Waals surface area contributed by atoms with Crippen LogP contribution in [0.2, 0.25) is 0 Å². The van der Waals surface area contributed by atoms with Gasteiger partial charge in [0.25, 0.3) is 0 Å². The van der Waals surface area contributed by atoms with Gasteiger partial charge in [0.1, 0.15) is 0 Å². The highest BCUT2D eigenvalue weighted by Gasteiger charge is 2.27. The molecule has 7 nitrogen and oxygen atoms in total. The second-order valence-electron chi connectivity index (χ2n) is 6.35. The predicted octanol–water partition coefficient (Wildman–Crippen LogP) is 1.46. The number of benzene rings is 1. The molecule has 2 aliphatic heterocycles. The first-order chi connectivity index (χ1) is 12.0. The van der Waals surface area contributed by atoms with E-state index in [4.69, 9.17) is 0 Å². The van der Waals surface area contributed by atoms with Crippen LogP contribution in [-0.4, -0.2) is 74.4 Å². The highest BCUT2D eigenvalue weighted by molar-refractivity contribution is 7.99. The average Bonchev–Trinajstić information content (AvgIpc) is 3.04. The van der Waals surface area contributed by atoms with Crippen molar-refractivity contribution in [2.24, 2.45) is 0 Å². The molecule has 0 saturated carbocycles. The van der Waals surface area contributed by atoms with Crippen LogP contribution >= 0.6 is 36.6 Å². The summed E-state index contributed by atoms with van der Waals surface area (Å²) < 4.78 is 27.4. The van der Waals surface area contributed by atoms with Gasteiger partial charge in [-0.05, 0) is 38.2 Å². The molecule has 3 rings (SSSR count). The van der Waals surface area contributed by atoms with Crippen molar-refractivity contribution >= 4 is 58.2 Å². The molecule has 27 heavy (non-hydrogen) atoms. The largest absolute Gasteiger partial charge is 0.325 e. The van der Waals surface area contributed by atoms with Gasteiger partial charge in [-0.2, -0.15) is 4.31 Å². The normalized spacial score (nSPS) is 21.6.